The van der Waals surface area contributed by atoms with E-state index >= 15 is 0 Å². The number of hydrogen-bond acceptors (Lipinski definition) is 5. The minimum absolute atomic E-state index is 0.0266. The number of allylic oxidation sites excluding steroid dienone is 1. The third-order valence-electron chi connectivity index (χ3n) is 3.83. The third-order valence-corrected chi connectivity index (χ3v) is 3.83. The predicted octanol–water partition coefficient (Wildman–Crippen LogP) is 3.84. The highest BCUT2D eigenvalue weighted by Gasteiger charge is 2.06. The molecule has 0 bridgehead atoms. The smallest absolute Gasteiger partial charge is 0.267 e. The van der Waals surface area contributed by atoms with Crippen molar-refractivity contribution in [3.8, 4) is 0 Å². The molecule has 7 nitrogen and oxygen atoms in total. The average Bonchev–Trinajstić information content (AvgIpc) is 2.75. The van der Waals surface area contributed by atoms with E-state index in [-0.39, 0.29) is 11.6 Å². The number of non-ortho nitro benzene ring substituents is 1. The number of rotatable bonds is 6. The summed E-state index contributed by atoms with van der Waals surface area (Å²) in [4.78, 5) is 26.4. The Labute approximate surface area is 161 Å². The number of hydrazone groups is 1. The molecule has 1 amide bonds. The van der Waals surface area contributed by atoms with Gasteiger partial charge in [0.15, 0.2) is 0 Å². The van der Waals surface area contributed by atoms with Crippen LogP contribution < -0.4 is 5.43 Å². The molecule has 0 aliphatic rings. The van der Waals surface area contributed by atoms with Gasteiger partial charge in [0, 0.05) is 35.7 Å². The van der Waals surface area contributed by atoms with Crippen molar-refractivity contribution in [3.63, 3.8) is 0 Å². The number of aromatic nitrogens is 1. The van der Waals surface area contributed by atoms with Crippen molar-refractivity contribution in [1.82, 2.24) is 10.4 Å². The summed E-state index contributed by atoms with van der Waals surface area (Å²) in [5.41, 5.74) is 5.15. The second-order valence-electron chi connectivity index (χ2n) is 5.72. The summed E-state index contributed by atoms with van der Waals surface area (Å²) < 4.78 is 0. The van der Waals surface area contributed by atoms with Gasteiger partial charge in [0.25, 0.3) is 11.6 Å². The van der Waals surface area contributed by atoms with E-state index in [0.29, 0.717) is 11.3 Å². The molecular weight excluding hydrogens is 356 g/mol. The molecule has 138 valence electrons. The van der Waals surface area contributed by atoms with Crippen molar-refractivity contribution < 1.29 is 9.72 Å². The largest absolute Gasteiger partial charge is 0.271 e. The molecule has 3 rings (SSSR count). The maximum absolute atomic E-state index is 12.2. The van der Waals surface area contributed by atoms with E-state index < -0.39 is 4.92 Å². The Hall–Kier alpha value is -4.13. The zero-order valence-corrected chi connectivity index (χ0v) is 14.7. The lowest BCUT2D eigenvalue weighted by Gasteiger charge is -2.04. The maximum Gasteiger partial charge on any atom is 0.271 e. The Morgan fingerprint density at radius 2 is 1.64 bits per heavy atom. The molecule has 0 unspecified atom stereocenters. The first-order valence-corrected chi connectivity index (χ1v) is 8.39. The fourth-order valence-electron chi connectivity index (χ4n) is 2.37. The fraction of sp³-hybridized carbons (Fsp3) is 0. The van der Waals surface area contributed by atoms with Crippen molar-refractivity contribution in [3.05, 3.63) is 112 Å². The van der Waals surface area contributed by atoms with Crippen LogP contribution in [0.2, 0.25) is 0 Å². The van der Waals surface area contributed by atoms with Crippen molar-refractivity contribution in [2.24, 2.45) is 5.10 Å². The number of nitrogens with zero attached hydrogens (tertiary/aromatic N) is 3. The van der Waals surface area contributed by atoms with Crippen LogP contribution in [0.4, 0.5) is 5.69 Å². The number of amides is 1. The standard InChI is InChI=1S/C21H16N4O3/c26-21(18-12-14-22-15-13-18)24-23-20(17-4-2-1-3-5-17)11-8-16-6-9-19(10-7-16)25(27)28/h1-15H,(H,24,26)/b11-8-,23-20-. The molecule has 3 aromatic rings. The van der Waals surface area contributed by atoms with Crippen LogP contribution in [-0.2, 0) is 0 Å². The number of carbonyl (C=O) groups is 1. The molecule has 1 N–H and O–H groups in total. The second kappa shape index (κ2) is 9.00. The number of nitrogens with one attached hydrogen (secondary N) is 1. The Balaban J connectivity index is 1.83. The average molecular weight is 372 g/mol. The molecule has 0 saturated carbocycles. The van der Waals surface area contributed by atoms with Crippen LogP contribution in [0, 0.1) is 10.1 Å². The maximum atomic E-state index is 12.2. The number of nitro benzene ring substituents is 1. The lowest BCUT2D eigenvalue weighted by Crippen LogP contribution is -2.19. The van der Waals surface area contributed by atoms with Crippen LogP contribution in [0.1, 0.15) is 21.5 Å². The highest BCUT2D eigenvalue weighted by molar-refractivity contribution is 6.11. The van der Waals surface area contributed by atoms with Gasteiger partial charge in [-0.3, -0.25) is 19.9 Å². The molecule has 0 atom stereocenters. The van der Waals surface area contributed by atoms with Gasteiger partial charge in [-0.2, -0.15) is 5.10 Å². The molecule has 7 heteroatoms. The summed E-state index contributed by atoms with van der Waals surface area (Å²) in [5.74, 6) is -0.348. The molecule has 1 aromatic heterocycles. The predicted molar refractivity (Wildman–Crippen MR) is 107 cm³/mol. The van der Waals surface area contributed by atoms with Crippen LogP contribution in [0.15, 0.2) is 90.3 Å². The van der Waals surface area contributed by atoms with E-state index in [0.717, 1.165) is 11.1 Å². The van der Waals surface area contributed by atoms with Crippen LogP contribution in [0.3, 0.4) is 0 Å². The normalized spacial score (nSPS) is 11.4. The van der Waals surface area contributed by atoms with Gasteiger partial charge in [-0.25, -0.2) is 5.43 Å². The molecule has 0 aliphatic carbocycles. The van der Waals surface area contributed by atoms with Crippen LogP contribution in [-0.4, -0.2) is 21.5 Å². The van der Waals surface area contributed by atoms with E-state index in [9.17, 15) is 14.9 Å². The lowest BCUT2D eigenvalue weighted by molar-refractivity contribution is -0.384. The van der Waals surface area contributed by atoms with Crippen molar-refractivity contribution >= 4 is 23.4 Å². The number of pyridine rings is 1. The summed E-state index contributed by atoms with van der Waals surface area (Å²) in [6, 6.07) is 18.7. The Kier molecular flexibility index (Phi) is 5.99. The molecule has 28 heavy (non-hydrogen) atoms. The Morgan fingerprint density at radius 3 is 2.29 bits per heavy atom. The summed E-state index contributed by atoms with van der Waals surface area (Å²) in [6.07, 6.45) is 6.58. The Morgan fingerprint density at radius 1 is 0.964 bits per heavy atom. The first-order valence-electron chi connectivity index (χ1n) is 8.39. The zero-order valence-electron chi connectivity index (χ0n) is 14.7. The lowest BCUT2D eigenvalue weighted by atomic mass is 10.1. The van der Waals surface area contributed by atoms with Crippen LogP contribution in [0.25, 0.3) is 6.08 Å². The quantitative estimate of drug-likeness (QED) is 0.404. The van der Waals surface area contributed by atoms with Gasteiger partial charge in [-0.05, 0) is 35.9 Å². The van der Waals surface area contributed by atoms with Gasteiger partial charge in [0.05, 0.1) is 10.6 Å². The van der Waals surface area contributed by atoms with E-state index in [4.69, 9.17) is 0 Å². The van der Waals surface area contributed by atoms with Gasteiger partial charge in [-0.15, -0.1) is 0 Å². The van der Waals surface area contributed by atoms with Gasteiger partial charge >= 0.3 is 0 Å². The summed E-state index contributed by atoms with van der Waals surface area (Å²) >= 11 is 0. The molecule has 0 saturated heterocycles. The molecule has 1 heterocycles. The van der Waals surface area contributed by atoms with E-state index in [1.54, 1.807) is 36.4 Å². The first kappa shape index (κ1) is 18.7. The van der Waals surface area contributed by atoms with Crippen molar-refractivity contribution in [1.29, 1.82) is 0 Å². The van der Waals surface area contributed by atoms with E-state index in [1.165, 1.54) is 24.5 Å². The van der Waals surface area contributed by atoms with Crippen molar-refractivity contribution in [2.45, 2.75) is 0 Å². The Bertz CT molecular complexity index is 1010. The molecule has 0 spiro atoms. The minimum Gasteiger partial charge on any atom is -0.267 e. The van der Waals surface area contributed by atoms with E-state index in [1.807, 2.05) is 30.3 Å². The van der Waals surface area contributed by atoms with Crippen LogP contribution in [0.5, 0.6) is 0 Å². The molecule has 2 aromatic carbocycles. The van der Waals surface area contributed by atoms with Crippen LogP contribution >= 0.6 is 0 Å². The number of benzene rings is 2. The van der Waals surface area contributed by atoms with E-state index in [2.05, 4.69) is 15.5 Å². The van der Waals surface area contributed by atoms with Gasteiger partial charge in [-0.1, -0.05) is 36.4 Å². The van der Waals surface area contributed by atoms with Gasteiger partial charge in [0.2, 0.25) is 0 Å². The van der Waals surface area contributed by atoms with Crippen molar-refractivity contribution in [2.75, 3.05) is 0 Å². The third kappa shape index (κ3) is 4.95. The first-order chi connectivity index (χ1) is 13.6. The summed E-state index contributed by atoms with van der Waals surface area (Å²) in [5, 5.41) is 15.0. The molecule has 0 fully saturated rings. The number of nitro groups is 1. The highest BCUT2D eigenvalue weighted by Crippen LogP contribution is 2.13. The molecular formula is C21H16N4O3. The molecule has 0 radical (unpaired) electrons. The zero-order chi connectivity index (χ0) is 19.8. The highest BCUT2D eigenvalue weighted by atomic mass is 16.6. The van der Waals surface area contributed by atoms with Gasteiger partial charge in [0.1, 0.15) is 0 Å². The fourth-order valence-corrected chi connectivity index (χ4v) is 2.37. The second-order valence-corrected chi connectivity index (χ2v) is 5.72. The van der Waals surface area contributed by atoms with Gasteiger partial charge < -0.3 is 0 Å². The summed E-state index contributed by atoms with van der Waals surface area (Å²) in [7, 11) is 0. The monoisotopic (exact) mass is 372 g/mol. The SMILES string of the molecule is O=C(N/N=C(/C=C\c1ccc([N+](=O)[O-])cc1)c1ccccc1)c1ccncc1. The summed E-state index contributed by atoms with van der Waals surface area (Å²) in [6.45, 7) is 0. The molecule has 0 aliphatic heterocycles. The number of carbonyl (C=O) groups excluding carboxylic acids is 1. The number of hydrogen-bond donors (Lipinski definition) is 1. The minimum atomic E-state index is -0.445. The topological polar surface area (TPSA) is 97.5 Å².